The van der Waals surface area contributed by atoms with Crippen molar-refractivity contribution in [1.82, 2.24) is 5.32 Å². The van der Waals surface area contributed by atoms with Crippen LogP contribution in [0, 0.1) is 11.3 Å². The highest BCUT2D eigenvalue weighted by Crippen LogP contribution is 2.38. The van der Waals surface area contributed by atoms with Gasteiger partial charge in [-0.25, -0.2) is 0 Å². The fourth-order valence-electron chi connectivity index (χ4n) is 2.81. The van der Waals surface area contributed by atoms with Crippen molar-refractivity contribution in [3.8, 4) is 0 Å². The van der Waals surface area contributed by atoms with Gasteiger partial charge in [0.2, 0.25) is 0 Å². The standard InChI is InChI=1S/C13H27NOS/c1-11-10-13(2,3)7-6-12(11)14-8-5-9-16(4)15/h11-12,14H,5-10H2,1-4H3. The molecule has 1 rings (SSSR count). The molecule has 1 aliphatic rings. The van der Waals surface area contributed by atoms with Gasteiger partial charge in [-0.05, 0) is 43.6 Å². The Morgan fingerprint density at radius 2 is 2.12 bits per heavy atom. The Balaban J connectivity index is 2.21. The predicted molar refractivity (Wildman–Crippen MR) is 72.1 cm³/mol. The number of nitrogens with one attached hydrogen (secondary N) is 1. The summed E-state index contributed by atoms with van der Waals surface area (Å²) in [6.45, 7) is 8.13. The van der Waals surface area contributed by atoms with E-state index >= 15 is 0 Å². The zero-order valence-electron chi connectivity index (χ0n) is 11.2. The van der Waals surface area contributed by atoms with E-state index in [0.29, 0.717) is 11.5 Å². The summed E-state index contributed by atoms with van der Waals surface area (Å²) in [5.74, 6) is 1.61. The normalized spacial score (nSPS) is 31.2. The molecule has 3 heteroatoms. The largest absolute Gasteiger partial charge is 0.314 e. The molecule has 0 aromatic heterocycles. The summed E-state index contributed by atoms with van der Waals surface area (Å²) in [6.07, 6.45) is 6.77. The van der Waals surface area contributed by atoms with Crippen LogP contribution in [0.3, 0.4) is 0 Å². The van der Waals surface area contributed by atoms with Gasteiger partial charge in [-0.2, -0.15) is 0 Å². The Labute approximate surface area is 103 Å². The summed E-state index contributed by atoms with van der Waals surface area (Å²) in [5, 5.41) is 3.63. The highest BCUT2D eigenvalue weighted by atomic mass is 32.2. The van der Waals surface area contributed by atoms with E-state index < -0.39 is 10.8 Å². The van der Waals surface area contributed by atoms with Gasteiger partial charge in [0.25, 0.3) is 0 Å². The van der Waals surface area contributed by atoms with Crippen LogP contribution < -0.4 is 5.32 Å². The molecule has 1 aliphatic carbocycles. The summed E-state index contributed by atoms with van der Waals surface area (Å²) in [4.78, 5) is 0. The number of hydrogen-bond acceptors (Lipinski definition) is 2. The monoisotopic (exact) mass is 245 g/mol. The Hall–Kier alpha value is 0.110. The molecule has 1 N–H and O–H groups in total. The third-order valence-electron chi connectivity index (χ3n) is 3.71. The van der Waals surface area contributed by atoms with Crippen LogP contribution in [0.15, 0.2) is 0 Å². The lowest BCUT2D eigenvalue weighted by molar-refractivity contribution is 0.149. The SMILES string of the molecule is CC1CC(C)(C)CCC1NCCCS(C)=O. The average molecular weight is 245 g/mol. The van der Waals surface area contributed by atoms with E-state index in [0.717, 1.165) is 24.6 Å². The quantitative estimate of drug-likeness (QED) is 0.754. The lowest BCUT2D eigenvalue weighted by Crippen LogP contribution is -2.42. The second kappa shape index (κ2) is 6.15. The van der Waals surface area contributed by atoms with Crippen LogP contribution in [0.1, 0.15) is 46.5 Å². The zero-order valence-corrected chi connectivity index (χ0v) is 12.0. The minimum Gasteiger partial charge on any atom is -0.314 e. The van der Waals surface area contributed by atoms with Gasteiger partial charge >= 0.3 is 0 Å². The molecule has 3 unspecified atom stereocenters. The molecule has 16 heavy (non-hydrogen) atoms. The second-order valence-electron chi connectivity index (χ2n) is 6.08. The van der Waals surface area contributed by atoms with Gasteiger partial charge in [-0.15, -0.1) is 0 Å². The van der Waals surface area contributed by atoms with Crippen LogP contribution in [-0.4, -0.2) is 28.8 Å². The third-order valence-corrected chi connectivity index (χ3v) is 4.57. The molecule has 0 aromatic rings. The Morgan fingerprint density at radius 1 is 1.44 bits per heavy atom. The van der Waals surface area contributed by atoms with E-state index in [1.165, 1.54) is 19.3 Å². The highest BCUT2D eigenvalue weighted by molar-refractivity contribution is 7.84. The van der Waals surface area contributed by atoms with E-state index in [4.69, 9.17) is 0 Å². The molecule has 0 heterocycles. The van der Waals surface area contributed by atoms with Crippen LogP contribution in [0.25, 0.3) is 0 Å². The van der Waals surface area contributed by atoms with E-state index in [2.05, 4.69) is 26.1 Å². The molecule has 0 radical (unpaired) electrons. The fraction of sp³-hybridized carbons (Fsp3) is 1.00. The first-order valence-electron chi connectivity index (χ1n) is 6.44. The molecule has 96 valence electrons. The number of rotatable bonds is 5. The van der Waals surface area contributed by atoms with Crippen molar-refractivity contribution in [1.29, 1.82) is 0 Å². The van der Waals surface area contributed by atoms with Gasteiger partial charge in [-0.1, -0.05) is 20.8 Å². The molecule has 1 fully saturated rings. The molecule has 0 saturated heterocycles. The van der Waals surface area contributed by atoms with Gasteiger partial charge in [0, 0.05) is 28.9 Å². The predicted octanol–water partition coefficient (Wildman–Crippen LogP) is 2.56. The van der Waals surface area contributed by atoms with E-state index in [1.54, 1.807) is 6.26 Å². The zero-order chi connectivity index (χ0) is 12.2. The van der Waals surface area contributed by atoms with Crippen molar-refractivity contribution in [3.63, 3.8) is 0 Å². The molecule has 0 spiro atoms. The minimum atomic E-state index is -0.633. The molecular formula is C13H27NOS. The lowest BCUT2D eigenvalue weighted by Gasteiger charge is -2.39. The highest BCUT2D eigenvalue weighted by Gasteiger charge is 2.31. The topological polar surface area (TPSA) is 29.1 Å². The fourth-order valence-corrected chi connectivity index (χ4v) is 3.36. The first kappa shape index (κ1) is 14.2. The van der Waals surface area contributed by atoms with Crippen LogP contribution >= 0.6 is 0 Å². The molecule has 2 nitrogen and oxygen atoms in total. The maximum absolute atomic E-state index is 10.9. The molecule has 1 saturated carbocycles. The third kappa shape index (κ3) is 4.96. The first-order valence-corrected chi connectivity index (χ1v) is 8.17. The van der Waals surface area contributed by atoms with Gasteiger partial charge in [0.1, 0.15) is 0 Å². The van der Waals surface area contributed by atoms with Gasteiger partial charge in [-0.3, -0.25) is 4.21 Å². The van der Waals surface area contributed by atoms with Gasteiger partial charge in [0.05, 0.1) is 0 Å². The Bertz CT molecular complexity index is 240. The summed E-state index contributed by atoms with van der Waals surface area (Å²) < 4.78 is 10.9. The van der Waals surface area contributed by atoms with Gasteiger partial charge < -0.3 is 5.32 Å². The Kier molecular flexibility index (Phi) is 5.45. The maximum Gasteiger partial charge on any atom is 0.0244 e. The minimum absolute atomic E-state index is 0.530. The van der Waals surface area contributed by atoms with E-state index in [-0.39, 0.29) is 0 Å². The summed E-state index contributed by atoms with van der Waals surface area (Å²) in [6, 6.07) is 0.679. The summed E-state index contributed by atoms with van der Waals surface area (Å²) >= 11 is 0. The summed E-state index contributed by atoms with van der Waals surface area (Å²) in [7, 11) is -0.633. The van der Waals surface area contributed by atoms with Crippen molar-refractivity contribution in [2.75, 3.05) is 18.6 Å². The maximum atomic E-state index is 10.9. The molecule has 0 aromatic carbocycles. The molecule has 0 amide bonds. The van der Waals surface area contributed by atoms with Gasteiger partial charge in [0.15, 0.2) is 0 Å². The van der Waals surface area contributed by atoms with E-state index in [1.807, 2.05) is 0 Å². The average Bonchev–Trinajstić information content (AvgIpc) is 2.13. The van der Waals surface area contributed by atoms with Crippen LogP contribution in [0.4, 0.5) is 0 Å². The van der Waals surface area contributed by atoms with Crippen LogP contribution in [0.2, 0.25) is 0 Å². The Morgan fingerprint density at radius 3 is 2.69 bits per heavy atom. The van der Waals surface area contributed by atoms with Crippen molar-refractivity contribution in [2.24, 2.45) is 11.3 Å². The van der Waals surface area contributed by atoms with Crippen molar-refractivity contribution in [3.05, 3.63) is 0 Å². The molecule has 3 atom stereocenters. The van der Waals surface area contributed by atoms with Crippen molar-refractivity contribution < 1.29 is 4.21 Å². The lowest BCUT2D eigenvalue weighted by atomic mass is 9.70. The molecule has 0 aliphatic heterocycles. The van der Waals surface area contributed by atoms with Crippen LogP contribution in [-0.2, 0) is 10.8 Å². The second-order valence-corrected chi connectivity index (χ2v) is 7.63. The smallest absolute Gasteiger partial charge is 0.0244 e. The number of hydrogen-bond donors (Lipinski definition) is 1. The van der Waals surface area contributed by atoms with Crippen molar-refractivity contribution in [2.45, 2.75) is 52.5 Å². The van der Waals surface area contributed by atoms with Crippen LogP contribution in [0.5, 0.6) is 0 Å². The summed E-state index contributed by atoms with van der Waals surface area (Å²) in [5.41, 5.74) is 0.530. The van der Waals surface area contributed by atoms with E-state index in [9.17, 15) is 4.21 Å². The molecular weight excluding hydrogens is 218 g/mol. The molecule has 0 bridgehead atoms. The van der Waals surface area contributed by atoms with Crippen molar-refractivity contribution >= 4 is 10.8 Å². The first-order chi connectivity index (χ1) is 7.41.